The van der Waals surface area contributed by atoms with Crippen molar-refractivity contribution in [1.82, 2.24) is 14.9 Å². The lowest BCUT2D eigenvalue weighted by Gasteiger charge is -2.41. The Hall–Kier alpha value is -2.28. The quantitative estimate of drug-likeness (QED) is 0.402. The van der Waals surface area contributed by atoms with E-state index in [4.69, 9.17) is 4.74 Å². The van der Waals surface area contributed by atoms with Crippen LogP contribution < -0.4 is 5.32 Å². The van der Waals surface area contributed by atoms with Crippen LogP contribution in [0.25, 0.3) is 0 Å². The van der Waals surface area contributed by atoms with Crippen molar-refractivity contribution in [2.24, 2.45) is 17.8 Å². The van der Waals surface area contributed by atoms with Crippen molar-refractivity contribution >= 4 is 24.5 Å². The molecule has 1 heterocycles. The molecular weight excluding hydrogens is 410 g/mol. The first-order chi connectivity index (χ1) is 14.8. The number of hydrogen-bond acceptors (Lipinski definition) is 5. The lowest BCUT2D eigenvalue weighted by atomic mass is 9.76. The van der Waals surface area contributed by atoms with Crippen molar-refractivity contribution in [3.8, 4) is 0 Å². The first kappa shape index (κ1) is 25.0. The number of rotatable bonds is 11. The zero-order valence-corrected chi connectivity index (χ0v) is 20.1. The zero-order valence-electron chi connectivity index (χ0n) is 19.2. The van der Waals surface area contributed by atoms with E-state index >= 15 is 0 Å². The number of aromatic nitrogens is 2. The Morgan fingerprint density at radius 1 is 1.23 bits per heavy atom. The average Bonchev–Trinajstić information content (AvgIpc) is 3.32. The fourth-order valence-electron chi connectivity index (χ4n) is 4.10. The summed E-state index contributed by atoms with van der Waals surface area (Å²) >= 11 is 4.40. The summed E-state index contributed by atoms with van der Waals surface area (Å²) in [5.74, 6) is 0.624. The Morgan fingerprint density at radius 3 is 2.39 bits per heavy atom. The number of nitrogens with one attached hydrogen (secondary N) is 1. The first-order valence-corrected chi connectivity index (χ1v) is 11.5. The Balaban J connectivity index is 2.45. The Bertz CT molecular complexity index is 836. The Labute approximate surface area is 191 Å². The molecule has 0 spiro atoms. The molecule has 0 saturated heterocycles. The third kappa shape index (κ3) is 5.70. The molecule has 1 aromatic heterocycles. The molecule has 2 aromatic rings. The molecule has 0 saturated carbocycles. The van der Waals surface area contributed by atoms with Crippen molar-refractivity contribution in [3.05, 3.63) is 54.1 Å². The predicted octanol–water partition coefficient (Wildman–Crippen LogP) is 4.17. The second-order valence-corrected chi connectivity index (χ2v) is 8.86. The molecule has 1 aromatic carbocycles. The summed E-state index contributed by atoms with van der Waals surface area (Å²) in [5.41, 5.74) is 0.944. The normalized spacial score (nSPS) is 15.2. The van der Waals surface area contributed by atoms with Gasteiger partial charge in [0.1, 0.15) is 0 Å². The Morgan fingerprint density at radius 2 is 1.90 bits per heavy atom. The van der Waals surface area contributed by atoms with Gasteiger partial charge in [-0.15, -0.1) is 0 Å². The molecule has 170 valence electrons. The van der Waals surface area contributed by atoms with Crippen LogP contribution in [0.15, 0.2) is 43.0 Å². The van der Waals surface area contributed by atoms with Crippen LogP contribution in [0.4, 0.5) is 0 Å². The summed E-state index contributed by atoms with van der Waals surface area (Å²) in [5, 5.41) is 3.20. The van der Waals surface area contributed by atoms with Crippen LogP contribution in [0.1, 0.15) is 56.5 Å². The van der Waals surface area contributed by atoms with E-state index in [1.165, 1.54) is 7.11 Å². The van der Waals surface area contributed by atoms with Crippen molar-refractivity contribution in [1.29, 1.82) is 0 Å². The largest absolute Gasteiger partial charge is 0.465 e. The van der Waals surface area contributed by atoms with Crippen LogP contribution in [0.3, 0.4) is 0 Å². The van der Waals surface area contributed by atoms with Crippen LogP contribution in [0, 0.1) is 17.8 Å². The van der Waals surface area contributed by atoms with E-state index in [-0.39, 0.29) is 23.7 Å². The highest BCUT2D eigenvalue weighted by Gasteiger charge is 2.39. The molecule has 1 N–H and O–H groups in total. The number of nitrogens with zero attached hydrogens (tertiary/aromatic N) is 2. The first-order valence-electron chi connectivity index (χ1n) is 10.9. The molecular formula is C24H35N3O3S. The molecule has 6 nitrogen and oxygen atoms in total. The van der Waals surface area contributed by atoms with Gasteiger partial charge in [-0.1, -0.05) is 46.2 Å². The van der Waals surface area contributed by atoms with Crippen LogP contribution in [-0.2, 0) is 15.1 Å². The number of esters is 1. The number of methoxy groups -OCH3 is 1. The molecule has 0 aliphatic carbocycles. The third-order valence-electron chi connectivity index (χ3n) is 6.08. The van der Waals surface area contributed by atoms with Gasteiger partial charge >= 0.3 is 5.97 Å². The van der Waals surface area contributed by atoms with Crippen molar-refractivity contribution < 1.29 is 14.3 Å². The van der Waals surface area contributed by atoms with E-state index in [0.29, 0.717) is 23.8 Å². The van der Waals surface area contributed by atoms with E-state index in [1.54, 1.807) is 24.7 Å². The highest BCUT2D eigenvalue weighted by Crippen LogP contribution is 2.36. The van der Waals surface area contributed by atoms with Gasteiger partial charge in [0.25, 0.3) is 0 Å². The number of thiol groups is 1. The minimum atomic E-state index is -0.547. The molecule has 1 amide bonds. The average molecular weight is 446 g/mol. The lowest BCUT2D eigenvalue weighted by Crippen LogP contribution is -2.51. The van der Waals surface area contributed by atoms with Gasteiger partial charge in [0.05, 0.1) is 24.5 Å². The molecule has 0 radical (unpaired) electrons. The van der Waals surface area contributed by atoms with Gasteiger partial charge in [-0.3, -0.25) is 4.79 Å². The van der Waals surface area contributed by atoms with E-state index < -0.39 is 5.54 Å². The number of ether oxygens (including phenoxy) is 1. The van der Waals surface area contributed by atoms with E-state index in [9.17, 15) is 9.59 Å². The molecule has 3 unspecified atom stereocenters. The maximum atomic E-state index is 13.0. The monoisotopic (exact) mass is 445 g/mol. The molecule has 31 heavy (non-hydrogen) atoms. The van der Waals surface area contributed by atoms with Crippen LogP contribution >= 0.6 is 12.6 Å². The van der Waals surface area contributed by atoms with Gasteiger partial charge in [0.15, 0.2) is 0 Å². The second kappa shape index (κ2) is 11.4. The number of amides is 1. The summed E-state index contributed by atoms with van der Waals surface area (Å²) in [6, 6.07) is 7.42. The summed E-state index contributed by atoms with van der Waals surface area (Å²) in [7, 11) is 1.37. The van der Waals surface area contributed by atoms with Gasteiger partial charge in [-0.2, -0.15) is 12.6 Å². The predicted molar refractivity (Wildman–Crippen MR) is 126 cm³/mol. The fraction of sp³-hybridized carbons (Fsp3) is 0.542. The van der Waals surface area contributed by atoms with Gasteiger partial charge in [-0.25, -0.2) is 9.78 Å². The number of imidazole rings is 1. The SMILES string of the molecule is CCC(C)C(CNC(=O)C(CS)CC(C)C)(c1ccc(C(=O)OC)cc1)n1ccnc1. The van der Waals surface area contributed by atoms with Gasteiger partial charge in [0.2, 0.25) is 5.91 Å². The maximum Gasteiger partial charge on any atom is 0.337 e. The number of carbonyl (C=O) groups is 2. The maximum absolute atomic E-state index is 13.0. The van der Waals surface area contributed by atoms with Crippen molar-refractivity contribution in [2.75, 3.05) is 19.4 Å². The lowest BCUT2D eigenvalue weighted by molar-refractivity contribution is -0.125. The molecule has 3 atom stereocenters. The smallest absolute Gasteiger partial charge is 0.337 e. The minimum absolute atomic E-state index is 0.0164. The molecule has 2 rings (SSSR count). The van der Waals surface area contributed by atoms with Gasteiger partial charge in [0, 0.05) is 30.6 Å². The standard InChI is InChI=1S/C24H35N3O3S/c1-6-18(4)24(27-12-11-25-16-27,15-26-22(28)20(14-31)13-17(2)3)21-9-7-19(8-10-21)23(29)30-5/h7-12,16-18,20,31H,6,13-15H2,1-5H3,(H,26,28). The van der Waals surface area contributed by atoms with Crippen LogP contribution in [-0.4, -0.2) is 40.8 Å². The fourth-order valence-corrected chi connectivity index (χ4v) is 4.42. The topological polar surface area (TPSA) is 73.2 Å². The summed E-state index contributed by atoms with van der Waals surface area (Å²) < 4.78 is 6.90. The highest BCUT2D eigenvalue weighted by molar-refractivity contribution is 7.80. The van der Waals surface area contributed by atoms with E-state index in [1.807, 2.05) is 18.3 Å². The molecule has 7 heteroatoms. The van der Waals surface area contributed by atoms with Crippen molar-refractivity contribution in [3.63, 3.8) is 0 Å². The highest BCUT2D eigenvalue weighted by atomic mass is 32.1. The van der Waals surface area contributed by atoms with E-state index in [0.717, 1.165) is 18.4 Å². The number of benzene rings is 1. The van der Waals surface area contributed by atoms with Gasteiger partial charge in [-0.05, 0) is 36.0 Å². The van der Waals surface area contributed by atoms with Crippen LogP contribution in [0.5, 0.6) is 0 Å². The third-order valence-corrected chi connectivity index (χ3v) is 6.52. The molecule has 0 aliphatic heterocycles. The summed E-state index contributed by atoms with van der Waals surface area (Å²) in [4.78, 5) is 29.2. The van der Waals surface area contributed by atoms with Gasteiger partial charge < -0.3 is 14.6 Å². The summed E-state index contributed by atoms with van der Waals surface area (Å²) in [6.07, 6.45) is 7.16. The molecule has 0 aliphatic rings. The van der Waals surface area contributed by atoms with E-state index in [2.05, 4.69) is 55.2 Å². The molecule has 0 fully saturated rings. The zero-order chi connectivity index (χ0) is 23.0. The molecule has 0 bridgehead atoms. The number of carbonyl (C=O) groups excluding carboxylic acids is 2. The van der Waals surface area contributed by atoms with Crippen LogP contribution in [0.2, 0.25) is 0 Å². The minimum Gasteiger partial charge on any atom is -0.465 e. The number of hydrogen-bond donors (Lipinski definition) is 2. The Kier molecular flexibility index (Phi) is 9.16. The summed E-state index contributed by atoms with van der Waals surface area (Å²) in [6.45, 7) is 8.95. The second-order valence-electron chi connectivity index (χ2n) is 8.50. The van der Waals surface area contributed by atoms with Crippen molar-refractivity contribution in [2.45, 2.75) is 46.1 Å².